The maximum atomic E-state index is 5.15. The molecule has 0 saturated heterocycles. The Hall–Kier alpha value is -3.22. The summed E-state index contributed by atoms with van der Waals surface area (Å²) < 4.78 is 7.14. The molecule has 3 aromatic heterocycles. The first kappa shape index (κ1) is 12.5. The molecule has 0 radical (unpaired) electrons. The zero-order valence-corrected chi connectivity index (χ0v) is 11.8. The Balaban J connectivity index is 1.71. The lowest BCUT2D eigenvalue weighted by molar-refractivity contribution is 0.560. The SMILES string of the molecule is Cn1c2ccccc2c2nnc(N/N=C/c3ccco3)nc21. The minimum Gasteiger partial charge on any atom is -0.463 e. The lowest BCUT2D eigenvalue weighted by Gasteiger charge is -1.98. The van der Waals surface area contributed by atoms with Crippen LogP contribution >= 0.6 is 0 Å². The average Bonchev–Trinajstić information content (AvgIpc) is 3.16. The summed E-state index contributed by atoms with van der Waals surface area (Å²) in [6, 6.07) is 11.6. The Bertz CT molecular complexity index is 970. The van der Waals surface area contributed by atoms with Crippen molar-refractivity contribution in [1.29, 1.82) is 0 Å². The second kappa shape index (κ2) is 4.96. The number of nitrogens with one attached hydrogen (secondary N) is 1. The topological polar surface area (TPSA) is 81.1 Å². The van der Waals surface area contributed by atoms with Gasteiger partial charge in [0.1, 0.15) is 11.3 Å². The number of nitrogens with zero attached hydrogens (tertiary/aromatic N) is 5. The van der Waals surface area contributed by atoms with Crippen molar-refractivity contribution in [3.05, 3.63) is 48.4 Å². The van der Waals surface area contributed by atoms with Crippen molar-refractivity contribution in [2.24, 2.45) is 12.1 Å². The van der Waals surface area contributed by atoms with Crippen molar-refractivity contribution in [3.63, 3.8) is 0 Å². The van der Waals surface area contributed by atoms with Gasteiger partial charge in [0.25, 0.3) is 5.95 Å². The van der Waals surface area contributed by atoms with Gasteiger partial charge in [-0.1, -0.05) is 18.2 Å². The number of hydrazone groups is 1. The molecule has 0 atom stereocenters. The molecule has 0 bridgehead atoms. The first-order valence-electron chi connectivity index (χ1n) is 6.73. The van der Waals surface area contributed by atoms with E-state index in [1.807, 2.05) is 35.9 Å². The van der Waals surface area contributed by atoms with Crippen LogP contribution in [0.15, 0.2) is 52.2 Å². The molecule has 1 aromatic carbocycles. The smallest absolute Gasteiger partial charge is 0.265 e. The Labute approximate surface area is 125 Å². The van der Waals surface area contributed by atoms with Crippen LogP contribution in [0.1, 0.15) is 5.76 Å². The molecule has 7 nitrogen and oxygen atoms in total. The highest BCUT2D eigenvalue weighted by atomic mass is 16.3. The van der Waals surface area contributed by atoms with Crippen molar-refractivity contribution in [2.45, 2.75) is 0 Å². The fraction of sp³-hybridized carbons (Fsp3) is 0.0667. The van der Waals surface area contributed by atoms with Crippen LogP contribution in [-0.2, 0) is 7.05 Å². The minimum atomic E-state index is 0.334. The first-order valence-corrected chi connectivity index (χ1v) is 6.73. The predicted molar refractivity (Wildman–Crippen MR) is 83.7 cm³/mol. The number of benzene rings is 1. The van der Waals surface area contributed by atoms with Gasteiger partial charge in [-0.3, -0.25) is 0 Å². The van der Waals surface area contributed by atoms with E-state index in [4.69, 9.17) is 4.42 Å². The zero-order chi connectivity index (χ0) is 14.9. The van der Waals surface area contributed by atoms with E-state index in [0.29, 0.717) is 11.7 Å². The molecule has 0 fully saturated rings. The van der Waals surface area contributed by atoms with Gasteiger partial charge in [-0.05, 0) is 18.2 Å². The van der Waals surface area contributed by atoms with E-state index in [2.05, 4.69) is 25.7 Å². The van der Waals surface area contributed by atoms with E-state index < -0.39 is 0 Å². The van der Waals surface area contributed by atoms with Crippen LogP contribution in [0.5, 0.6) is 0 Å². The standard InChI is InChI=1S/C15H12N6O/c1-21-12-7-3-2-6-11(12)13-14(21)17-15(20-18-13)19-16-9-10-5-4-8-22-10/h2-9H,1H3,(H,17,19,20)/b16-9+. The van der Waals surface area contributed by atoms with Gasteiger partial charge in [0.05, 0.1) is 18.0 Å². The number of furan rings is 1. The second-order valence-electron chi connectivity index (χ2n) is 4.77. The Morgan fingerprint density at radius 1 is 1.18 bits per heavy atom. The van der Waals surface area contributed by atoms with Crippen molar-refractivity contribution >= 4 is 34.2 Å². The molecule has 108 valence electrons. The molecule has 0 aliphatic heterocycles. The Kier molecular flexibility index (Phi) is 2.82. The lowest BCUT2D eigenvalue weighted by Crippen LogP contribution is -2.00. The van der Waals surface area contributed by atoms with Gasteiger partial charge in [-0.15, -0.1) is 10.2 Å². The van der Waals surface area contributed by atoms with Gasteiger partial charge in [0.2, 0.25) is 0 Å². The number of rotatable bonds is 3. The van der Waals surface area contributed by atoms with Crippen LogP contribution in [0.2, 0.25) is 0 Å². The highest BCUT2D eigenvalue weighted by Gasteiger charge is 2.11. The molecule has 0 amide bonds. The quantitative estimate of drug-likeness (QED) is 0.463. The Morgan fingerprint density at radius 3 is 2.95 bits per heavy atom. The molecular formula is C15H12N6O. The van der Waals surface area contributed by atoms with E-state index >= 15 is 0 Å². The summed E-state index contributed by atoms with van der Waals surface area (Å²) in [5.41, 5.74) is 5.36. The molecule has 4 rings (SSSR count). The van der Waals surface area contributed by atoms with Crippen LogP contribution in [0.25, 0.3) is 22.1 Å². The molecule has 3 heterocycles. The lowest BCUT2D eigenvalue weighted by atomic mass is 10.2. The minimum absolute atomic E-state index is 0.334. The summed E-state index contributed by atoms with van der Waals surface area (Å²) in [5, 5.41) is 13.4. The predicted octanol–water partition coefficient (Wildman–Crippen LogP) is 2.56. The monoisotopic (exact) mass is 292 g/mol. The first-order chi connectivity index (χ1) is 10.8. The van der Waals surface area contributed by atoms with Gasteiger partial charge >= 0.3 is 0 Å². The third kappa shape index (κ3) is 1.99. The molecule has 7 heteroatoms. The summed E-state index contributed by atoms with van der Waals surface area (Å²) in [6.07, 6.45) is 3.13. The number of hydrogen-bond donors (Lipinski definition) is 1. The maximum Gasteiger partial charge on any atom is 0.265 e. The third-order valence-corrected chi connectivity index (χ3v) is 3.41. The van der Waals surface area contributed by atoms with Crippen molar-refractivity contribution in [3.8, 4) is 0 Å². The Morgan fingerprint density at radius 2 is 2.09 bits per heavy atom. The number of anilines is 1. The van der Waals surface area contributed by atoms with Gasteiger partial charge in [0, 0.05) is 12.4 Å². The summed E-state index contributed by atoms with van der Waals surface area (Å²) in [5.74, 6) is 0.979. The van der Waals surface area contributed by atoms with E-state index in [-0.39, 0.29) is 0 Å². The molecule has 0 unspecified atom stereocenters. The molecule has 0 aliphatic rings. The highest BCUT2D eigenvalue weighted by molar-refractivity contribution is 6.04. The van der Waals surface area contributed by atoms with Crippen molar-refractivity contribution in [1.82, 2.24) is 19.7 Å². The average molecular weight is 292 g/mol. The molecule has 1 N–H and O–H groups in total. The van der Waals surface area contributed by atoms with Crippen LogP contribution in [0, 0.1) is 0 Å². The van der Waals surface area contributed by atoms with Gasteiger partial charge in [-0.25, -0.2) is 5.43 Å². The van der Waals surface area contributed by atoms with E-state index in [9.17, 15) is 0 Å². The molecule has 4 aromatic rings. The van der Waals surface area contributed by atoms with E-state index in [0.717, 1.165) is 22.1 Å². The van der Waals surface area contributed by atoms with Crippen LogP contribution < -0.4 is 5.43 Å². The van der Waals surface area contributed by atoms with Crippen molar-refractivity contribution in [2.75, 3.05) is 5.43 Å². The van der Waals surface area contributed by atoms with Crippen LogP contribution in [0.3, 0.4) is 0 Å². The summed E-state index contributed by atoms with van der Waals surface area (Å²) >= 11 is 0. The fourth-order valence-electron chi connectivity index (χ4n) is 2.37. The second-order valence-corrected chi connectivity index (χ2v) is 4.77. The number of hydrogen-bond acceptors (Lipinski definition) is 6. The van der Waals surface area contributed by atoms with E-state index in [1.165, 1.54) is 0 Å². The molecular weight excluding hydrogens is 280 g/mol. The summed E-state index contributed by atoms with van der Waals surface area (Å²) in [7, 11) is 1.95. The van der Waals surface area contributed by atoms with Crippen LogP contribution in [0.4, 0.5) is 5.95 Å². The zero-order valence-electron chi connectivity index (χ0n) is 11.8. The molecule has 0 aliphatic carbocycles. The van der Waals surface area contributed by atoms with Crippen molar-refractivity contribution < 1.29 is 4.42 Å². The van der Waals surface area contributed by atoms with Gasteiger partial charge < -0.3 is 8.98 Å². The fourth-order valence-corrected chi connectivity index (χ4v) is 2.37. The number of aryl methyl sites for hydroxylation is 1. The number of para-hydroxylation sites is 1. The normalized spacial score (nSPS) is 11.7. The molecule has 0 saturated carbocycles. The molecule has 22 heavy (non-hydrogen) atoms. The summed E-state index contributed by atoms with van der Waals surface area (Å²) in [4.78, 5) is 4.46. The third-order valence-electron chi connectivity index (χ3n) is 3.41. The number of aromatic nitrogens is 4. The van der Waals surface area contributed by atoms with Crippen LogP contribution in [-0.4, -0.2) is 26.0 Å². The van der Waals surface area contributed by atoms with Gasteiger partial charge in [0.15, 0.2) is 5.65 Å². The van der Waals surface area contributed by atoms with E-state index in [1.54, 1.807) is 24.6 Å². The summed E-state index contributed by atoms with van der Waals surface area (Å²) in [6.45, 7) is 0. The number of fused-ring (bicyclic) bond motifs is 3. The van der Waals surface area contributed by atoms with Gasteiger partial charge in [-0.2, -0.15) is 10.1 Å². The maximum absolute atomic E-state index is 5.15. The highest BCUT2D eigenvalue weighted by Crippen LogP contribution is 2.24. The largest absolute Gasteiger partial charge is 0.463 e. The molecule has 0 spiro atoms.